The zero-order chi connectivity index (χ0) is 16.8. The van der Waals surface area contributed by atoms with Crippen LogP contribution in [-0.2, 0) is 9.53 Å². The number of rotatable bonds is 6. The molecule has 23 heavy (non-hydrogen) atoms. The molecule has 0 saturated carbocycles. The van der Waals surface area contributed by atoms with Crippen LogP contribution in [0.4, 0.5) is 5.13 Å². The molecule has 2 aromatic rings. The maximum Gasteiger partial charge on any atom is 0.362 e. The number of ether oxygens (including phenoxy) is 1. The first kappa shape index (κ1) is 16.4. The highest BCUT2D eigenvalue weighted by Crippen LogP contribution is 2.15. The van der Waals surface area contributed by atoms with E-state index in [1.165, 1.54) is 18.2 Å². The van der Waals surface area contributed by atoms with Crippen LogP contribution < -0.4 is 10.6 Å². The minimum Gasteiger partial charge on any atom is -0.476 e. The van der Waals surface area contributed by atoms with E-state index in [4.69, 9.17) is 20.4 Å². The average Bonchev–Trinajstić information content (AvgIpc) is 2.94. The molecule has 0 atom stereocenters. The molecule has 120 valence electrons. The summed E-state index contributed by atoms with van der Waals surface area (Å²) in [6.45, 7) is 1.93. The number of nitrogens with zero attached hydrogens (tertiary/aromatic N) is 3. The van der Waals surface area contributed by atoms with E-state index < -0.39 is 17.7 Å². The predicted molar refractivity (Wildman–Crippen MR) is 81.5 cm³/mol. The Balaban J connectivity index is 2.21. The van der Waals surface area contributed by atoms with E-state index in [0.717, 1.165) is 11.5 Å². The van der Waals surface area contributed by atoms with Crippen LogP contribution in [0.3, 0.4) is 0 Å². The van der Waals surface area contributed by atoms with Gasteiger partial charge in [0.1, 0.15) is 0 Å². The zero-order valence-electron chi connectivity index (χ0n) is 11.9. The highest BCUT2D eigenvalue weighted by atomic mass is 32.1. The maximum atomic E-state index is 11.6. The van der Waals surface area contributed by atoms with E-state index in [-0.39, 0.29) is 28.9 Å². The molecule has 0 aliphatic heterocycles. The fourth-order valence-corrected chi connectivity index (χ4v) is 1.93. The number of aromatic nitrogens is 2. The summed E-state index contributed by atoms with van der Waals surface area (Å²) in [4.78, 5) is 31.6. The molecule has 10 heteroatoms. The number of nitrogen functional groups attached to an aromatic ring is 1. The lowest BCUT2D eigenvalue weighted by Crippen LogP contribution is -2.17. The van der Waals surface area contributed by atoms with Crippen molar-refractivity contribution >= 4 is 34.3 Å². The van der Waals surface area contributed by atoms with E-state index in [0.29, 0.717) is 0 Å². The molecule has 0 radical (unpaired) electrons. The fraction of sp³-hybridized carbons (Fsp3) is 0.154. The Labute approximate surface area is 134 Å². The molecule has 0 fully saturated rings. The van der Waals surface area contributed by atoms with Gasteiger partial charge in [-0.2, -0.15) is 9.36 Å². The summed E-state index contributed by atoms with van der Waals surface area (Å²) in [6.07, 6.45) is 0. The van der Waals surface area contributed by atoms with Crippen LogP contribution in [-0.4, -0.2) is 38.7 Å². The van der Waals surface area contributed by atoms with Crippen LogP contribution in [0.15, 0.2) is 29.4 Å². The quantitative estimate of drug-likeness (QED) is 0.455. The van der Waals surface area contributed by atoms with Crippen molar-refractivity contribution in [3.63, 3.8) is 0 Å². The molecule has 0 bridgehead atoms. The van der Waals surface area contributed by atoms with Crippen molar-refractivity contribution in [3.05, 3.63) is 35.7 Å². The molecule has 0 unspecified atom stereocenters. The van der Waals surface area contributed by atoms with E-state index >= 15 is 0 Å². The highest BCUT2D eigenvalue weighted by molar-refractivity contribution is 7.09. The molecule has 0 aliphatic carbocycles. The molecule has 0 amide bonds. The molecule has 0 saturated heterocycles. The number of carbonyl (C=O) groups is 2. The number of oxime groups is 1. The number of nitrogens with two attached hydrogens (primary N) is 1. The number of hydrogen-bond donors (Lipinski definition) is 2. The lowest BCUT2D eigenvalue weighted by Gasteiger charge is -2.04. The van der Waals surface area contributed by atoms with Gasteiger partial charge in [-0.25, -0.2) is 9.59 Å². The van der Waals surface area contributed by atoms with Crippen molar-refractivity contribution in [1.29, 1.82) is 0 Å². The number of aliphatic carboxylic acids is 1. The minimum absolute atomic E-state index is 0.109. The van der Waals surface area contributed by atoms with Crippen LogP contribution in [0.2, 0.25) is 0 Å². The van der Waals surface area contributed by atoms with Crippen molar-refractivity contribution < 1.29 is 24.3 Å². The fourth-order valence-electron chi connectivity index (χ4n) is 1.50. The van der Waals surface area contributed by atoms with Gasteiger partial charge in [-0.1, -0.05) is 11.2 Å². The lowest BCUT2D eigenvalue weighted by atomic mass is 10.2. The predicted octanol–water partition coefficient (Wildman–Crippen LogP) is 1.16. The zero-order valence-corrected chi connectivity index (χ0v) is 12.7. The molecule has 1 aromatic carbocycles. The Morgan fingerprint density at radius 2 is 2.22 bits per heavy atom. The maximum absolute atomic E-state index is 11.6. The summed E-state index contributed by atoms with van der Waals surface area (Å²) >= 11 is 0.839. The number of carboxylic acid groups (broad SMARTS) is 1. The lowest BCUT2D eigenvalue weighted by molar-refractivity contribution is -0.129. The van der Waals surface area contributed by atoms with Crippen LogP contribution >= 0.6 is 11.5 Å². The Bertz CT molecular complexity index is 758. The Morgan fingerprint density at radius 1 is 1.43 bits per heavy atom. The third kappa shape index (κ3) is 4.23. The van der Waals surface area contributed by atoms with Crippen molar-refractivity contribution in [1.82, 2.24) is 9.36 Å². The molecule has 3 N–H and O–H groups in total. The molecule has 9 nitrogen and oxygen atoms in total. The Kier molecular flexibility index (Phi) is 5.20. The van der Waals surface area contributed by atoms with Crippen molar-refractivity contribution in [2.45, 2.75) is 6.92 Å². The summed E-state index contributed by atoms with van der Waals surface area (Å²) in [6, 6.07) is 5.98. The van der Waals surface area contributed by atoms with Crippen molar-refractivity contribution in [2.75, 3.05) is 12.3 Å². The summed E-state index contributed by atoms with van der Waals surface area (Å²) in [5.41, 5.74) is 5.17. The van der Waals surface area contributed by atoms with Gasteiger partial charge in [-0.05, 0) is 25.1 Å². The minimum atomic E-state index is -1.37. The first-order valence-corrected chi connectivity index (χ1v) is 7.13. The number of benzene rings is 1. The second-order valence-electron chi connectivity index (χ2n) is 4.04. The van der Waals surface area contributed by atoms with Crippen LogP contribution in [0.5, 0.6) is 5.75 Å². The highest BCUT2D eigenvalue weighted by Gasteiger charge is 2.19. The van der Waals surface area contributed by atoms with Gasteiger partial charge in [0.2, 0.25) is 11.5 Å². The third-order valence-corrected chi connectivity index (χ3v) is 2.99. The molecular weight excluding hydrogens is 324 g/mol. The van der Waals surface area contributed by atoms with E-state index in [9.17, 15) is 9.59 Å². The van der Waals surface area contributed by atoms with Crippen molar-refractivity contribution in [3.8, 4) is 5.75 Å². The second-order valence-corrected chi connectivity index (χ2v) is 4.82. The SMILES string of the molecule is CCOC(=O)c1cccc(O/N=C(\C(=O)O)c2nsc(N)n2)c1. The van der Waals surface area contributed by atoms with Crippen LogP contribution in [0.25, 0.3) is 0 Å². The normalized spacial score (nSPS) is 11.1. The largest absolute Gasteiger partial charge is 0.476 e. The van der Waals surface area contributed by atoms with E-state index in [1.807, 2.05) is 0 Å². The van der Waals surface area contributed by atoms with E-state index in [1.54, 1.807) is 13.0 Å². The average molecular weight is 336 g/mol. The van der Waals surface area contributed by atoms with Gasteiger partial charge in [0.25, 0.3) is 0 Å². The molecule has 1 heterocycles. The number of anilines is 1. The van der Waals surface area contributed by atoms with E-state index in [2.05, 4.69) is 14.5 Å². The standard InChI is InChI=1S/C13H12N4O5S/c1-2-21-12(20)7-4-3-5-8(6-7)22-16-9(11(18)19)10-15-13(14)23-17-10/h3-6H,2H2,1H3,(H,18,19)(H2,14,15,17)/b16-9-. The summed E-state index contributed by atoms with van der Waals surface area (Å²) in [7, 11) is 0. The number of esters is 1. The molecular formula is C13H12N4O5S. The Hall–Kier alpha value is -3.01. The monoisotopic (exact) mass is 336 g/mol. The number of carboxylic acids is 1. The van der Waals surface area contributed by atoms with Gasteiger partial charge in [0.15, 0.2) is 10.9 Å². The third-order valence-electron chi connectivity index (χ3n) is 2.44. The first-order chi connectivity index (χ1) is 11.0. The van der Waals surface area contributed by atoms with Gasteiger partial charge in [0.05, 0.1) is 12.2 Å². The summed E-state index contributed by atoms with van der Waals surface area (Å²) in [5.74, 6) is -1.88. The van der Waals surface area contributed by atoms with Crippen LogP contribution in [0.1, 0.15) is 23.1 Å². The summed E-state index contributed by atoms with van der Waals surface area (Å²) < 4.78 is 8.62. The Morgan fingerprint density at radius 3 is 2.83 bits per heavy atom. The topological polar surface area (TPSA) is 137 Å². The van der Waals surface area contributed by atoms with Gasteiger partial charge < -0.3 is 20.4 Å². The molecule has 0 aliphatic rings. The van der Waals surface area contributed by atoms with Gasteiger partial charge in [0, 0.05) is 11.5 Å². The van der Waals surface area contributed by atoms with Gasteiger partial charge in [-0.3, -0.25) is 0 Å². The van der Waals surface area contributed by atoms with Gasteiger partial charge >= 0.3 is 11.9 Å². The van der Waals surface area contributed by atoms with Crippen molar-refractivity contribution in [2.24, 2.45) is 5.16 Å². The molecule has 2 rings (SSSR count). The number of hydrogen-bond acceptors (Lipinski definition) is 9. The smallest absolute Gasteiger partial charge is 0.362 e. The summed E-state index contributed by atoms with van der Waals surface area (Å²) in [5, 5.41) is 12.7. The number of carbonyl (C=O) groups excluding carboxylic acids is 1. The molecule has 1 aromatic heterocycles. The first-order valence-electron chi connectivity index (χ1n) is 6.36. The molecule has 0 spiro atoms. The van der Waals surface area contributed by atoms with Gasteiger partial charge in [-0.15, -0.1) is 0 Å². The second kappa shape index (κ2) is 7.31. The van der Waals surface area contributed by atoms with Crippen LogP contribution in [0, 0.1) is 0 Å².